The molecule has 2 N–H and O–H groups in total. The molecular weight excluding hydrogens is 252 g/mol. The number of hydrogen-bond acceptors (Lipinski definition) is 4. The molecule has 0 saturated carbocycles. The smallest absolute Gasteiger partial charge is 0.242 e. The summed E-state index contributed by atoms with van der Waals surface area (Å²) in [5.74, 6) is 0. The summed E-state index contributed by atoms with van der Waals surface area (Å²) in [5.41, 5.74) is 0.881. The van der Waals surface area contributed by atoms with Crippen LogP contribution in [-0.4, -0.2) is 45.1 Å². The van der Waals surface area contributed by atoms with E-state index >= 15 is 0 Å². The lowest BCUT2D eigenvalue weighted by atomic mass is 10.1. The molecule has 0 fully saturated rings. The molecule has 0 radical (unpaired) electrons. The standard InChI is InChI=1S/C12H20N2O3S/c1-10(13-7-8-15)11-5-4-6-12(9-11)18(16,17)14(2)3/h4-6,9-10,13,15H,7-8H2,1-3H3. The van der Waals surface area contributed by atoms with Crippen molar-refractivity contribution in [3.05, 3.63) is 29.8 Å². The molecule has 1 aromatic rings. The molecule has 0 amide bonds. The maximum Gasteiger partial charge on any atom is 0.242 e. The van der Waals surface area contributed by atoms with Crippen molar-refractivity contribution in [3.8, 4) is 0 Å². The predicted molar refractivity (Wildman–Crippen MR) is 70.8 cm³/mol. The van der Waals surface area contributed by atoms with Crippen molar-refractivity contribution in [2.24, 2.45) is 0 Å². The topological polar surface area (TPSA) is 69.6 Å². The van der Waals surface area contributed by atoms with Crippen LogP contribution in [-0.2, 0) is 10.0 Å². The first kappa shape index (κ1) is 15.1. The Bertz CT molecular complexity index is 486. The van der Waals surface area contributed by atoms with Crippen LogP contribution in [0.4, 0.5) is 0 Å². The molecule has 6 heteroatoms. The normalized spacial score (nSPS) is 13.8. The van der Waals surface area contributed by atoms with E-state index in [1.165, 1.54) is 18.4 Å². The highest BCUT2D eigenvalue weighted by atomic mass is 32.2. The fourth-order valence-corrected chi connectivity index (χ4v) is 2.51. The van der Waals surface area contributed by atoms with E-state index in [1.807, 2.05) is 13.0 Å². The minimum absolute atomic E-state index is 0.00513. The number of hydrogen-bond donors (Lipinski definition) is 2. The van der Waals surface area contributed by atoms with Crippen molar-refractivity contribution in [1.82, 2.24) is 9.62 Å². The highest BCUT2D eigenvalue weighted by molar-refractivity contribution is 7.89. The molecule has 0 aromatic heterocycles. The van der Waals surface area contributed by atoms with Crippen molar-refractivity contribution >= 4 is 10.0 Å². The predicted octanol–water partition coefficient (Wildman–Crippen LogP) is 0.580. The zero-order chi connectivity index (χ0) is 13.8. The van der Waals surface area contributed by atoms with Crippen molar-refractivity contribution in [2.75, 3.05) is 27.2 Å². The third-order valence-corrected chi connectivity index (χ3v) is 4.51. The molecule has 1 aromatic carbocycles. The van der Waals surface area contributed by atoms with Gasteiger partial charge >= 0.3 is 0 Å². The van der Waals surface area contributed by atoms with E-state index in [0.717, 1.165) is 5.56 Å². The van der Waals surface area contributed by atoms with Gasteiger partial charge in [-0.3, -0.25) is 0 Å². The van der Waals surface area contributed by atoms with Crippen LogP contribution in [0.3, 0.4) is 0 Å². The fourth-order valence-electron chi connectivity index (χ4n) is 1.55. The SMILES string of the molecule is CC(NCCO)c1cccc(S(=O)(=O)N(C)C)c1. The number of aliphatic hydroxyl groups excluding tert-OH is 1. The lowest BCUT2D eigenvalue weighted by Gasteiger charge is -2.16. The number of aliphatic hydroxyl groups is 1. The highest BCUT2D eigenvalue weighted by Gasteiger charge is 2.18. The molecule has 102 valence electrons. The van der Waals surface area contributed by atoms with Gasteiger partial charge < -0.3 is 10.4 Å². The summed E-state index contributed by atoms with van der Waals surface area (Å²) in [6.45, 7) is 2.46. The molecule has 5 nitrogen and oxygen atoms in total. The molecule has 0 spiro atoms. The molecule has 1 atom stereocenters. The lowest BCUT2D eigenvalue weighted by molar-refractivity contribution is 0.286. The average molecular weight is 272 g/mol. The van der Waals surface area contributed by atoms with Gasteiger partial charge in [-0.25, -0.2) is 12.7 Å². The first-order valence-electron chi connectivity index (χ1n) is 5.76. The number of benzene rings is 1. The summed E-state index contributed by atoms with van der Waals surface area (Å²) < 4.78 is 25.2. The van der Waals surface area contributed by atoms with Gasteiger partial charge in [-0.1, -0.05) is 12.1 Å². The van der Waals surface area contributed by atoms with Gasteiger partial charge in [0, 0.05) is 26.7 Å². The van der Waals surface area contributed by atoms with Gasteiger partial charge in [0.2, 0.25) is 10.0 Å². The number of nitrogens with zero attached hydrogens (tertiary/aromatic N) is 1. The van der Waals surface area contributed by atoms with Crippen LogP contribution in [0.25, 0.3) is 0 Å². The first-order valence-corrected chi connectivity index (χ1v) is 7.20. The van der Waals surface area contributed by atoms with Crippen LogP contribution < -0.4 is 5.32 Å². The molecule has 0 aliphatic carbocycles. The molecular formula is C12H20N2O3S. The van der Waals surface area contributed by atoms with Gasteiger partial charge in [0.25, 0.3) is 0 Å². The molecule has 0 heterocycles. The monoisotopic (exact) mass is 272 g/mol. The maximum atomic E-state index is 12.0. The molecule has 0 bridgehead atoms. The third-order valence-electron chi connectivity index (χ3n) is 2.70. The quantitative estimate of drug-likeness (QED) is 0.795. The van der Waals surface area contributed by atoms with Crippen molar-refractivity contribution in [2.45, 2.75) is 17.9 Å². The fraction of sp³-hybridized carbons (Fsp3) is 0.500. The number of nitrogens with one attached hydrogen (secondary N) is 1. The Kier molecular flexibility index (Phi) is 5.28. The second-order valence-electron chi connectivity index (χ2n) is 4.26. The number of rotatable bonds is 6. The Labute approximate surface area is 108 Å². The van der Waals surface area contributed by atoms with Gasteiger partial charge in [0.1, 0.15) is 0 Å². The van der Waals surface area contributed by atoms with Crippen molar-refractivity contribution in [3.63, 3.8) is 0 Å². The Hall–Kier alpha value is -0.950. The molecule has 0 aliphatic heterocycles. The van der Waals surface area contributed by atoms with E-state index in [1.54, 1.807) is 18.2 Å². The van der Waals surface area contributed by atoms with Crippen molar-refractivity contribution < 1.29 is 13.5 Å². The summed E-state index contributed by atoms with van der Waals surface area (Å²) in [4.78, 5) is 0.280. The van der Waals surface area contributed by atoms with E-state index in [9.17, 15) is 8.42 Å². The molecule has 1 unspecified atom stereocenters. The second-order valence-corrected chi connectivity index (χ2v) is 6.41. The molecule has 1 rings (SSSR count). The van der Waals surface area contributed by atoms with Crippen LogP contribution in [0, 0.1) is 0 Å². The summed E-state index contributed by atoms with van der Waals surface area (Å²) in [5, 5.41) is 11.9. The molecule has 0 aliphatic rings. The second kappa shape index (κ2) is 6.29. The van der Waals surface area contributed by atoms with E-state index in [4.69, 9.17) is 5.11 Å². The van der Waals surface area contributed by atoms with Gasteiger partial charge in [0.15, 0.2) is 0 Å². The van der Waals surface area contributed by atoms with E-state index in [-0.39, 0.29) is 17.5 Å². The summed E-state index contributed by atoms with van der Waals surface area (Å²) in [6.07, 6.45) is 0. The summed E-state index contributed by atoms with van der Waals surface area (Å²) >= 11 is 0. The van der Waals surface area contributed by atoms with Gasteiger partial charge in [-0.05, 0) is 24.6 Å². The molecule has 18 heavy (non-hydrogen) atoms. The van der Waals surface area contributed by atoms with Crippen LogP contribution in [0.15, 0.2) is 29.2 Å². The Balaban J connectivity index is 2.99. The minimum Gasteiger partial charge on any atom is -0.395 e. The van der Waals surface area contributed by atoms with Gasteiger partial charge in [-0.2, -0.15) is 0 Å². The van der Waals surface area contributed by atoms with Gasteiger partial charge in [-0.15, -0.1) is 0 Å². The van der Waals surface area contributed by atoms with Crippen LogP contribution in [0.1, 0.15) is 18.5 Å². The third kappa shape index (κ3) is 3.52. The Morgan fingerprint density at radius 3 is 2.61 bits per heavy atom. The van der Waals surface area contributed by atoms with Gasteiger partial charge in [0.05, 0.1) is 11.5 Å². The number of sulfonamides is 1. The lowest BCUT2D eigenvalue weighted by Crippen LogP contribution is -2.24. The molecule has 0 saturated heterocycles. The van der Waals surface area contributed by atoms with Crippen LogP contribution in [0.2, 0.25) is 0 Å². The van der Waals surface area contributed by atoms with Crippen LogP contribution in [0.5, 0.6) is 0 Å². The Morgan fingerprint density at radius 1 is 1.39 bits per heavy atom. The zero-order valence-corrected chi connectivity index (χ0v) is 11.7. The Morgan fingerprint density at radius 2 is 2.06 bits per heavy atom. The first-order chi connectivity index (χ1) is 8.39. The summed E-state index contributed by atoms with van der Waals surface area (Å²) in [6, 6.07) is 6.82. The maximum absolute atomic E-state index is 12.0. The highest BCUT2D eigenvalue weighted by Crippen LogP contribution is 2.19. The van der Waals surface area contributed by atoms with Crippen LogP contribution >= 0.6 is 0 Å². The van der Waals surface area contributed by atoms with Crippen molar-refractivity contribution in [1.29, 1.82) is 0 Å². The largest absolute Gasteiger partial charge is 0.395 e. The van der Waals surface area contributed by atoms with E-state index < -0.39 is 10.0 Å². The average Bonchev–Trinajstić information content (AvgIpc) is 2.35. The minimum atomic E-state index is -3.40. The van der Waals surface area contributed by atoms with E-state index in [2.05, 4.69) is 5.32 Å². The zero-order valence-electron chi connectivity index (χ0n) is 10.9. The van der Waals surface area contributed by atoms with E-state index in [0.29, 0.717) is 6.54 Å². The summed E-state index contributed by atoms with van der Waals surface area (Å²) in [7, 11) is -0.379.